The second kappa shape index (κ2) is 3.02. The van der Waals surface area contributed by atoms with Crippen molar-refractivity contribution in [3.05, 3.63) is 24.0 Å². The van der Waals surface area contributed by atoms with E-state index < -0.39 is 5.97 Å². The molecule has 0 bridgehead atoms. The van der Waals surface area contributed by atoms with E-state index in [-0.39, 0.29) is 5.88 Å². The first kappa shape index (κ1) is 8.55. The Morgan fingerprint density at radius 3 is 3.14 bits per heavy atom. The monoisotopic (exact) mass is 192 g/mol. The van der Waals surface area contributed by atoms with Gasteiger partial charge >= 0.3 is 5.97 Å². The van der Waals surface area contributed by atoms with Crippen LogP contribution in [0, 0.1) is 0 Å². The molecule has 0 unspecified atom stereocenters. The van der Waals surface area contributed by atoms with E-state index in [0.29, 0.717) is 16.5 Å². The molecule has 2 aromatic rings. The molecule has 5 nitrogen and oxygen atoms in total. The number of hydrogen-bond donors (Lipinski definition) is 2. The lowest BCUT2D eigenvalue weighted by Crippen LogP contribution is -1.99. The number of nitrogens with zero attached hydrogens (tertiary/aromatic N) is 1. The molecule has 0 aliphatic rings. The number of methoxy groups -OCH3 is 1. The zero-order valence-electron chi connectivity index (χ0n) is 7.44. The van der Waals surface area contributed by atoms with Gasteiger partial charge in [0.15, 0.2) is 0 Å². The van der Waals surface area contributed by atoms with Crippen LogP contribution in [0.2, 0.25) is 0 Å². The number of fused-ring (bicyclic) bond motifs is 1. The van der Waals surface area contributed by atoms with Crippen molar-refractivity contribution in [2.45, 2.75) is 0 Å². The number of aromatic amines is 1. The molecule has 0 aliphatic carbocycles. The predicted octanol–water partition coefficient (Wildman–Crippen LogP) is 1.06. The van der Waals surface area contributed by atoms with Crippen molar-refractivity contribution in [3.63, 3.8) is 0 Å². The van der Waals surface area contributed by atoms with Crippen LogP contribution in [0.25, 0.3) is 10.9 Å². The fraction of sp³-hybridized carbons (Fsp3) is 0.111. The zero-order chi connectivity index (χ0) is 10.1. The number of rotatable bonds is 1. The maximum absolute atomic E-state index is 11.3. The molecule has 72 valence electrons. The number of ether oxygens (including phenoxy) is 1. The van der Waals surface area contributed by atoms with E-state index in [9.17, 15) is 9.90 Å². The van der Waals surface area contributed by atoms with Crippen LogP contribution in [-0.2, 0) is 4.74 Å². The van der Waals surface area contributed by atoms with Crippen LogP contribution in [0.1, 0.15) is 10.4 Å². The number of aromatic hydroxyl groups is 1. The Morgan fingerprint density at radius 1 is 1.64 bits per heavy atom. The van der Waals surface area contributed by atoms with Gasteiger partial charge in [0.25, 0.3) is 0 Å². The van der Waals surface area contributed by atoms with E-state index in [4.69, 9.17) is 0 Å². The lowest BCUT2D eigenvalue weighted by Gasteiger charge is -1.96. The molecule has 0 aromatic carbocycles. The van der Waals surface area contributed by atoms with Crippen molar-refractivity contribution < 1.29 is 14.6 Å². The Labute approximate surface area is 79.3 Å². The summed E-state index contributed by atoms with van der Waals surface area (Å²) in [5.74, 6) is -0.570. The van der Waals surface area contributed by atoms with Crippen molar-refractivity contribution >= 4 is 16.9 Å². The van der Waals surface area contributed by atoms with Gasteiger partial charge < -0.3 is 14.8 Å². The number of pyridine rings is 1. The molecule has 0 saturated heterocycles. The molecule has 14 heavy (non-hydrogen) atoms. The van der Waals surface area contributed by atoms with Crippen LogP contribution in [0.5, 0.6) is 5.88 Å². The topological polar surface area (TPSA) is 75.2 Å². The summed E-state index contributed by atoms with van der Waals surface area (Å²) in [6, 6.07) is 1.64. The quantitative estimate of drug-likeness (QED) is 0.662. The Balaban J connectivity index is 2.70. The summed E-state index contributed by atoms with van der Waals surface area (Å²) in [7, 11) is 1.31. The summed E-state index contributed by atoms with van der Waals surface area (Å²) >= 11 is 0. The van der Waals surface area contributed by atoms with Gasteiger partial charge in [0, 0.05) is 17.8 Å². The second-order valence-corrected chi connectivity index (χ2v) is 2.75. The first-order chi connectivity index (χ1) is 6.74. The van der Waals surface area contributed by atoms with Crippen molar-refractivity contribution in [3.8, 4) is 5.88 Å². The highest BCUT2D eigenvalue weighted by Gasteiger charge is 2.13. The van der Waals surface area contributed by atoms with Gasteiger partial charge in [-0.15, -0.1) is 0 Å². The average molecular weight is 192 g/mol. The SMILES string of the molecule is COC(=O)c1c[nH]c2c(O)nccc12. The molecule has 2 N–H and O–H groups in total. The Hall–Kier alpha value is -2.04. The Bertz CT molecular complexity index is 490. The van der Waals surface area contributed by atoms with Gasteiger partial charge in [0.2, 0.25) is 5.88 Å². The lowest BCUT2D eigenvalue weighted by molar-refractivity contribution is 0.0603. The summed E-state index contributed by atoms with van der Waals surface area (Å²) in [5, 5.41) is 9.95. The minimum atomic E-state index is -0.443. The molecule has 2 rings (SSSR count). The fourth-order valence-electron chi connectivity index (χ4n) is 1.32. The smallest absolute Gasteiger partial charge is 0.340 e. The summed E-state index contributed by atoms with van der Waals surface area (Å²) in [6.45, 7) is 0. The highest BCUT2D eigenvalue weighted by atomic mass is 16.5. The van der Waals surface area contributed by atoms with E-state index in [1.165, 1.54) is 19.5 Å². The van der Waals surface area contributed by atoms with E-state index in [1.54, 1.807) is 6.07 Å². The average Bonchev–Trinajstić information content (AvgIpc) is 2.62. The molecule has 0 fully saturated rings. The molecule has 2 aromatic heterocycles. The third-order valence-corrected chi connectivity index (χ3v) is 1.99. The van der Waals surface area contributed by atoms with E-state index in [1.807, 2.05) is 0 Å². The van der Waals surface area contributed by atoms with Gasteiger partial charge in [-0.3, -0.25) is 0 Å². The van der Waals surface area contributed by atoms with Gasteiger partial charge in [-0.2, -0.15) is 0 Å². The number of carbonyl (C=O) groups excluding carboxylic acids is 1. The summed E-state index contributed by atoms with van der Waals surface area (Å²) in [4.78, 5) is 17.7. The lowest BCUT2D eigenvalue weighted by atomic mass is 10.2. The summed E-state index contributed by atoms with van der Waals surface area (Å²) in [6.07, 6.45) is 2.91. The molecule has 0 atom stereocenters. The maximum Gasteiger partial charge on any atom is 0.340 e. The molecule has 5 heteroatoms. The van der Waals surface area contributed by atoms with Gasteiger partial charge in [-0.25, -0.2) is 9.78 Å². The van der Waals surface area contributed by atoms with Crippen LogP contribution in [0.3, 0.4) is 0 Å². The molecular formula is C9H8N2O3. The molecule has 0 aliphatic heterocycles. The minimum absolute atomic E-state index is 0.127. The van der Waals surface area contributed by atoms with Crippen molar-refractivity contribution in [1.29, 1.82) is 0 Å². The maximum atomic E-state index is 11.3. The largest absolute Gasteiger partial charge is 0.492 e. The van der Waals surface area contributed by atoms with Crippen LogP contribution in [-0.4, -0.2) is 28.2 Å². The van der Waals surface area contributed by atoms with E-state index in [2.05, 4.69) is 14.7 Å². The summed E-state index contributed by atoms with van der Waals surface area (Å²) < 4.78 is 4.58. The number of nitrogens with one attached hydrogen (secondary N) is 1. The molecular weight excluding hydrogens is 184 g/mol. The van der Waals surface area contributed by atoms with Crippen LogP contribution in [0.4, 0.5) is 0 Å². The number of carbonyl (C=O) groups is 1. The van der Waals surface area contributed by atoms with Gasteiger partial charge in [-0.1, -0.05) is 0 Å². The van der Waals surface area contributed by atoms with Crippen LogP contribution in [0.15, 0.2) is 18.5 Å². The highest BCUT2D eigenvalue weighted by molar-refractivity contribution is 6.04. The second-order valence-electron chi connectivity index (χ2n) is 2.75. The third kappa shape index (κ3) is 1.10. The minimum Gasteiger partial charge on any atom is -0.492 e. The molecule has 0 spiro atoms. The van der Waals surface area contributed by atoms with E-state index in [0.717, 1.165) is 0 Å². The van der Waals surface area contributed by atoms with Gasteiger partial charge in [-0.05, 0) is 6.07 Å². The van der Waals surface area contributed by atoms with Gasteiger partial charge in [0.1, 0.15) is 5.52 Å². The standard InChI is InChI=1S/C9H8N2O3/c1-14-9(13)6-4-11-7-5(6)2-3-10-8(7)12/h2-4,11H,1H3,(H,10,12). The fourth-order valence-corrected chi connectivity index (χ4v) is 1.32. The molecule has 0 amide bonds. The number of aromatic nitrogens is 2. The van der Waals surface area contributed by atoms with Crippen LogP contribution >= 0.6 is 0 Å². The van der Waals surface area contributed by atoms with Crippen molar-refractivity contribution in [2.24, 2.45) is 0 Å². The normalized spacial score (nSPS) is 10.4. The zero-order valence-corrected chi connectivity index (χ0v) is 7.44. The molecule has 0 saturated carbocycles. The highest BCUT2D eigenvalue weighted by Crippen LogP contribution is 2.23. The number of esters is 1. The predicted molar refractivity (Wildman–Crippen MR) is 49.1 cm³/mol. The Morgan fingerprint density at radius 2 is 2.43 bits per heavy atom. The molecule has 0 radical (unpaired) electrons. The first-order valence-corrected chi connectivity index (χ1v) is 3.97. The third-order valence-electron chi connectivity index (χ3n) is 1.99. The summed E-state index contributed by atoms with van der Waals surface area (Å²) in [5.41, 5.74) is 0.827. The number of H-pyrrole nitrogens is 1. The Kier molecular flexibility index (Phi) is 1.85. The van der Waals surface area contributed by atoms with Crippen molar-refractivity contribution in [1.82, 2.24) is 9.97 Å². The molecule has 2 heterocycles. The first-order valence-electron chi connectivity index (χ1n) is 3.97. The van der Waals surface area contributed by atoms with Gasteiger partial charge in [0.05, 0.1) is 12.7 Å². The number of hydrogen-bond acceptors (Lipinski definition) is 4. The van der Waals surface area contributed by atoms with E-state index >= 15 is 0 Å². The van der Waals surface area contributed by atoms with Crippen LogP contribution < -0.4 is 0 Å². The van der Waals surface area contributed by atoms with Crippen molar-refractivity contribution in [2.75, 3.05) is 7.11 Å².